The molecular weight excluding hydrogens is 279 g/mol. The van der Waals surface area contributed by atoms with Crippen molar-refractivity contribution in [3.05, 3.63) is 35.9 Å². The summed E-state index contributed by atoms with van der Waals surface area (Å²) in [7, 11) is 0. The first-order valence-electron chi connectivity index (χ1n) is 5.44. The van der Waals surface area contributed by atoms with Gasteiger partial charge in [0.25, 0.3) is 0 Å². The van der Waals surface area contributed by atoms with E-state index in [0.29, 0.717) is 6.42 Å². The van der Waals surface area contributed by atoms with Gasteiger partial charge in [-0.25, -0.2) is 4.79 Å². The molecule has 1 aromatic carbocycles. The molecule has 0 spiro atoms. The highest BCUT2D eigenvalue weighted by Gasteiger charge is 2.38. The summed E-state index contributed by atoms with van der Waals surface area (Å²) in [6, 6.07) is 9.36. The Balaban J connectivity index is 0.000000441. The van der Waals surface area contributed by atoms with Crippen molar-refractivity contribution in [2.24, 2.45) is 5.73 Å². The Kier molecular flexibility index (Phi) is 7.30. The molecule has 8 heteroatoms. The molecule has 0 heterocycles. The molecule has 20 heavy (non-hydrogen) atoms. The fourth-order valence-electron chi connectivity index (χ4n) is 1.21. The van der Waals surface area contributed by atoms with Gasteiger partial charge in [0.15, 0.2) is 0 Å². The molecule has 0 unspecified atom stereocenters. The average Bonchev–Trinajstić information content (AvgIpc) is 2.28. The van der Waals surface area contributed by atoms with E-state index in [-0.39, 0.29) is 12.5 Å². The highest BCUT2D eigenvalue weighted by Crippen LogP contribution is 2.13. The van der Waals surface area contributed by atoms with Crippen LogP contribution in [0, 0.1) is 0 Å². The number of carboxylic acids is 2. The zero-order valence-electron chi connectivity index (χ0n) is 10.3. The van der Waals surface area contributed by atoms with Crippen LogP contribution in [0.5, 0.6) is 0 Å². The molecular formula is C12H14F3NO4. The third-order valence-electron chi connectivity index (χ3n) is 2.02. The highest BCUT2D eigenvalue weighted by molar-refractivity contribution is 5.73. The molecule has 0 aliphatic heterocycles. The van der Waals surface area contributed by atoms with Crippen molar-refractivity contribution in [3.8, 4) is 0 Å². The Hall–Kier alpha value is -2.09. The van der Waals surface area contributed by atoms with Crippen molar-refractivity contribution in [2.45, 2.75) is 25.1 Å². The molecule has 112 valence electrons. The number of hydrogen-bond acceptors (Lipinski definition) is 3. The van der Waals surface area contributed by atoms with E-state index in [1.165, 1.54) is 0 Å². The first-order valence-corrected chi connectivity index (χ1v) is 5.44. The van der Waals surface area contributed by atoms with Gasteiger partial charge in [0.05, 0.1) is 6.42 Å². The third kappa shape index (κ3) is 8.92. The van der Waals surface area contributed by atoms with E-state index in [1.54, 1.807) is 0 Å². The summed E-state index contributed by atoms with van der Waals surface area (Å²) < 4.78 is 31.7. The van der Waals surface area contributed by atoms with Crippen LogP contribution in [0.1, 0.15) is 12.0 Å². The Morgan fingerprint density at radius 3 is 1.95 bits per heavy atom. The molecule has 4 N–H and O–H groups in total. The molecule has 0 aliphatic carbocycles. The quantitative estimate of drug-likeness (QED) is 0.784. The number of alkyl halides is 3. The predicted octanol–water partition coefficient (Wildman–Crippen LogP) is 1.66. The molecule has 0 saturated heterocycles. The van der Waals surface area contributed by atoms with E-state index < -0.39 is 18.1 Å². The van der Waals surface area contributed by atoms with E-state index in [2.05, 4.69) is 0 Å². The summed E-state index contributed by atoms with van der Waals surface area (Å²) >= 11 is 0. The molecule has 0 aromatic heterocycles. The van der Waals surface area contributed by atoms with Gasteiger partial charge < -0.3 is 15.9 Å². The molecule has 0 aliphatic rings. The van der Waals surface area contributed by atoms with E-state index >= 15 is 0 Å². The zero-order valence-corrected chi connectivity index (χ0v) is 10.3. The van der Waals surface area contributed by atoms with Crippen LogP contribution in [0.3, 0.4) is 0 Å². The maximum absolute atomic E-state index is 10.6. The van der Waals surface area contributed by atoms with Crippen molar-refractivity contribution in [2.75, 3.05) is 0 Å². The van der Waals surface area contributed by atoms with Crippen molar-refractivity contribution in [1.29, 1.82) is 0 Å². The van der Waals surface area contributed by atoms with Crippen molar-refractivity contribution in [1.82, 2.24) is 0 Å². The number of rotatable bonds is 4. The molecule has 0 amide bonds. The summed E-state index contributed by atoms with van der Waals surface area (Å²) in [5.74, 6) is -3.60. The zero-order chi connectivity index (χ0) is 15.8. The van der Waals surface area contributed by atoms with Gasteiger partial charge in [0.1, 0.15) is 0 Å². The Labute approximate surface area is 112 Å². The second-order valence-corrected chi connectivity index (χ2v) is 3.85. The maximum Gasteiger partial charge on any atom is 0.490 e. The first-order chi connectivity index (χ1) is 9.12. The predicted molar refractivity (Wildman–Crippen MR) is 64.1 cm³/mol. The van der Waals surface area contributed by atoms with Gasteiger partial charge in [-0.2, -0.15) is 13.2 Å². The number of hydrogen-bond donors (Lipinski definition) is 3. The fourth-order valence-corrected chi connectivity index (χ4v) is 1.21. The monoisotopic (exact) mass is 293 g/mol. The summed E-state index contributed by atoms with van der Waals surface area (Å²) in [4.78, 5) is 19.2. The third-order valence-corrected chi connectivity index (χ3v) is 2.02. The van der Waals surface area contributed by atoms with E-state index in [0.717, 1.165) is 5.56 Å². The lowest BCUT2D eigenvalue weighted by Crippen LogP contribution is -2.25. The smallest absolute Gasteiger partial charge is 0.481 e. The van der Waals surface area contributed by atoms with Crippen LogP contribution in [-0.4, -0.2) is 34.4 Å². The van der Waals surface area contributed by atoms with Crippen LogP contribution < -0.4 is 5.73 Å². The lowest BCUT2D eigenvalue weighted by atomic mass is 10.0. The molecule has 1 atom stereocenters. The van der Waals surface area contributed by atoms with Gasteiger partial charge in [0, 0.05) is 6.04 Å². The van der Waals surface area contributed by atoms with E-state index in [4.69, 9.17) is 20.7 Å². The van der Waals surface area contributed by atoms with Crippen LogP contribution in [0.4, 0.5) is 13.2 Å². The topological polar surface area (TPSA) is 101 Å². The van der Waals surface area contributed by atoms with Gasteiger partial charge in [-0.3, -0.25) is 4.79 Å². The Bertz CT molecular complexity index is 434. The number of aliphatic carboxylic acids is 2. The molecule has 0 bridgehead atoms. The number of benzene rings is 1. The molecule has 1 rings (SSSR count). The van der Waals surface area contributed by atoms with Crippen LogP contribution in [0.15, 0.2) is 30.3 Å². The van der Waals surface area contributed by atoms with Crippen molar-refractivity contribution < 1.29 is 33.0 Å². The van der Waals surface area contributed by atoms with E-state index in [1.807, 2.05) is 30.3 Å². The SMILES string of the molecule is N[C@H](CC(=O)O)Cc1ccccc1.O=C(O)C(F)(F)F. The second-order valence-electron chi connectivity index (χ2n) is 3.85. The Morgan fingerprint density at radius 2 is 1.60 bits per heavy atom. The standard InChI is InChI=1S/C10H13NO2.C2HF3O2/c11-9(7-10(12)13)6-8-4-2-1-3-5-8;3-2(4,5)1(6)7/h1-5,9H,6-7,11H2,(H,12,13);(H,6,7)/t9-;/m0./s1. The van der Waals surface area contributed by atoms with Gasteiger partial charge in [-0.1, -0.05) is 30.3 Å². The molecule has 0 fully saturated rings. The lowest BCUT2D eigenvalue weighted by molar-refractivity contribution is -0.192. The second kappa shape index (κ2) is 8.16. The summed E-state index contributed by atoms with van der Waals surface area (Å²) in [6.07, 6.45) is -4.44. The Morgan fingerprint density at radius 1 is 1.15 bits per heavy atom. The highest BCUT2D eigenvalue weighted by atomic mass is 19.4. The summed E-state index contributed by atoms with van der Waals surface area (Å²) in [5, 5.41) is 15.6. The normalized spacial score (nSPS) is 12.0. The lowest BCUT2D eigenvalue weighted by Gasteiger charge is -2.07. The summed E-state index contributed by atoms with van der Waals surface area (Å²) in [6.45, 7) is 0. The number of carbonyl (C=O) groups is 2. The molecule has 0 saturated carbocycles. The van der Waals surface area contributed by atoms with E-state index in [9.17, 15) is 18.0 Å². The maximum atomic E-state index is 10.6. The van der Waals surface area contributed by atoms with Gasteiger partial charge in [0.2, 0.25) is 0 Å². The van der Waals surface area contributed by atoms with Gasteiger partial charge in [-0.05, 0) is 12.0 Å². The largest absolute Gasteiger partial charge is 0.490 e. The average molecular weight is 293 g/mol. The molecule has 5 nitrogen and oxygen atoms in total. The minimum absolute atomic E-state index is 0.0227. The molecule has 1 aromatic rings. The minimum Gasteiger partial charge on any atom is -0.481 e. The minimum atomic E-state index is -5.08. The van der Waals surface area contributed by atoms with Crippen LogP contribution in [-0.2, 0) is 16.0 Å². The van der Waals surface area contributed by atoms with Crippen LogP contribution >= 0.6 is 0 Å². The number of nitrogens with two attached hydrogens (primary N) is 1. The number of halogens is 3. The van der Waals surface area contributed by atoms with Crippen LogP contribution in [0.2, 0.25) is 0 Å². The van der Waals surface area contributed by atoms with Crippen LogP contribution in [0.25, 0.3) is 0 Å². The van der Waals surface area contributed by atoms with Gasteiger partial charge >= 0.3 is 18.1 Å². The van der Waals surface area contributed by atoms with Crippen molar-refractivity contribution >= 4 is 11.9 Å². The summed E-state index contributed by atoms with van der Waals surface area (Å²) in [5.41, 5.74) is 6.71. The number of carboxylic acid groups (broad SMARTS) is 2. The first kappa shape index (κ1) is 17.9. The molecule has 0 radical (unpaired) electrons. The fraction of sp³-hybridized carbons (Fsp3) is 0.333. The van der Waals surface area contributed by atoms with Crippen molar-refractivity contribution in [3.63, 3.8) is 0 Å². The van der Waals surface area contributed by atoms with Gasteiger partial charge in [-0.15, -0.1) is 0 Å².